The maximum Gasteiger partial charge on any atom is 0.178 e. The van der Waals surface area contributed by atoms with E-state index in [4.69, 9.17) is 0 Å². The predicted molar refractivity (Wildman–Crippen MR) is 107 cm³/mol. The first-order valence-electron chi connectivity index (χ1n) is 9.52. The third-order valence-electron chi connectivity index (χ3n) is 4.55. The molecule has 140 valence electrons. The summed E-state index contributed by atoms with van der Waals surface area (Å²) in [6.07, 6.45) is 18.6. The molecule has 2 heterocycles. The normalized spacial score (nSPS) is 14.3. The standard InChI is InChI=1S/C21H30N4O/c1-5-7-17(3)24-15-13-22-20(24)11-9-19(26)10-12-21-23-14-16-25(21)18(4)8-6-2/h9-18H,5-8H2,1-4H3/b11-9+,12-10+. The van der Waals surface area contributed by atoms with Crippen molar-refractivity contribution in [2.45, 2.75) is 65.5 Å². The number of aromatic nitrogens is 4. The Bertz CT molecular complexity index is 691. The number of carbonyl (C=O) groups excluding carboxylic acids is 1. The molecule has 0 N–H and O–H groups in total. The number of nitrogens with zero attached hydrogens (tertiary/aromatic N) is 4. The molecule has 0 aliphatic rings. The summed E-state index contributed by atoms with van der Waals surface area (Å²) in [6.45, 7) is 8.67. The van der Waals surface area contributed by atoms with Crippen molar-refractivity contribution >= 4 is 17.9 Å². The third kappa shape index (κ3) is 5.28. The lowest BCUT2D eigenvalue weighted by molar-refractivity contribution is -0.110. The maximum atomic E-state index is 12.2. The predicted octanol–water partition coefficient (Wildman–Crippen LogP) is 5.10. The van der Waals surface area contributed by atoms with E-state index in [1.165, 1.54) is 0 Å². The molecule has 5 heteroatoms. The molecule has 0 spiro atoms. The van der Waals surface area contributed by atoms with Crippen LogP contribution in [0.5, 0.6) is 0 Å². The van der Waals surface area contributed by atoms with E-state index in [-0.39, 0.29) is 5.78 Å². The first-order valence-corrected chi connectivity index (χ1v) is 9.52. The quantitative estimate of drug-likeness (QED) is 0.558. The summed E-state index contributed by atoms with van der Waals surface area (Å²) in [6, 6.07) is 0.751. The maximum absolute atomic E-state index is 12.2. The molecule has 0 fully saturated rings. The van der Waals surface area contributed by atoms with E-state index in [0.29, 0.717) is 12.1 Å². The molecule has 0 aliphatic carbocycles. The highest BCUT2D eigenvalue weighted by molar-refractivity contribution is 6.04. The van der Waals surface area contributed by atoms with E-state index in [1.54, 1.807) is 36.7 Å². The molecule has 5 nitrogen and oxygen atoms in total. The fraction of sp³-hybridized carbons (Fsp3) is 0.476. The number of hydrogen-bond acceptors (Lipinski definition) is 3. The molecule has 2 aromatic rings. The molecule has 0 amide bonds. The van der Waals surface area contributed by atoms with Crippen molar-refractivity contribution in [2.24, 2.45) is 0 Å². The number of allylic oxidation sites excluding steroid dienone is 2. The van der Waals surface area contributed by atoms with Gasteiger partial charge >= 0.3 is 0 Å². The zero-order valence-electron chi connectivity index (χ0n) is 16.3. The Morgan fingerprint density at radius 2 is 1.35 bits per heavy atom. The minimum Gasteiger partial charge on any atom is -0.329 e. The molecule has 0 aliphatic heterocycles. The first-order chi connectivity index (χ1) is 12.6. The Balaban J connectivity index is 2.04. The molecule has 2 unspecified atom stereocenters. The average molecular weight is 354 g/mol. The highest BCUT2D eigenvalue weighted by atomic mass is 16.1. The number of ketones is 1. The summed E-state index contributed by atoms with van der Waals surface area (Å²) in [5.41, 5.74) is 0. The van der Waals surface area contributed by atoms with Crippen LogP contribution in [0.2, 0.25) is 0 Å². The molecular weight excluding hydrogens is 324 g/mol. The summed E-state index contributed by atoms with van der Waals surface area (Å²) in [4.78, 5) is 20.9. The van der Waals surface area contributed by atoms with Crippen molar-refractivity contribution in [1.29, 1.82) is 0 Å². The van der Waals surface area contributed by atoms with E-state index >= 15 is 0 Å². The molecular formula is C21H30N4O. The molecule has 2 rings (SSSR count). The minimum atomic E-state index is -0.0691. The first kappa shape index (κ1) is 19.9. The summed E-state index contributed by atoms with van der Waals surface area (Å²) in [7, 11) is 0. The number of rotatable bonds is 10. The molecule has 26 heavy (non-hydrogen) atoms. The Kier molecular flexibility index (Phi) is 7.57. The molecule has 0 saturated carbocycles. The van der Waals surface area contributed by atoms with Gasteiger partial charge in [0.05, 0.1) is 0 Å². The van der Waals surface area contributed by atoms with Gasteiger partial charge in [-0.1, -0.05) is 26.7 Å². The molecule has 0 bridgehead atoms. The monoisotopic (exact) mass is 354 g/mol. The fourth-order valence-electron chi connectivity index (χ4n) is 3.14. The van der Waals surface area contributed by atoms with Gasteiger partial charge < -0.3 is 9.13 Å². The molecule has 0 aromatic carbocycles. The number of carbonyl (C=O) groups is 1. The van der Waals surface area contributed by atoms with E-state index in [0.717, 1.165) is 37.3 Å². The van der Waals surface area contributed by atoms with Crippen LogP contribution in [0.3, 0.4) is 0 Å². The van der Waals surface area contributed by atoms with Gasteiger partial charge in [0.15, 0.2) is 5.78 Å². The van der Waals surface area contributed by atoms with Gasteiger partial charge in [-0.05, 0) is 51.0 Å². The van der Waals surface area contributed by atoms with Crippen molar-refractivity contribution in [1.82, 2.24) is 19.1 Å². The summed E-state index contributed by atoms with van der Waals surface area (Å²) in [5, 5.41) is 0. The third-order valence-corrected chi connectivity index (χ3v) is 4.55. The van der Waals surface area contributed by atoms with E-state index in [2.05, 4.69) is 46.8 Å². The van der Waals surface area contributed by atoms with Crippen LogP contribution in [0, 0.1) is 0 Å². The van der Waals surface area contributed by atoms with Crippen LogP contribution in [0.1, 0.15) is 77.1 Å². The van der Waals surface area contributed by atoms with Gasteiger partial charge in [-0.2, -0.15) is 0 Å². The lowest BCUT2D eigenvalue weighted by Crippen LogP contribution is -2.06. The Labute approximate surface area is 156 Å². The van der Waals surface area contributed by atoms with Crippen LogP contribution < -0.4 is 0 Å². The van der Waals surface area contributed by atoms with Crippen LogP contribution in [-0.4, -0.2) is 24.9 Å². The van der Waals surface area contributed by atoms with Gasteiger partial charge in [0.2, 0.25) is 0 Å². The smallest absolute Gasteiger partial charge is 0.178 e. The summed E-state index contributed by atoms with van der Waals surface area (Å²) >= 11 is 0. The minimum absolute atomic E-state index is 0.0691. The number of hydrogen-bond donors (Lipinski definition) is 0. The lowest BCUT2D eigenvalue weighted by Gasteiger charge is -2.13. The van der Waals surface area contributed by atoms with Gasteiger partial charge in [0.25, 0.3) is 0 Å². The highest BCUT2D eigenvalue weighted by Crippen LogP contribution is 2.17. The Morgan fingerprint density at radius 1 is 0.923 bits per heavy atom. The Morgan fingerprint density at radius 3 is 1.73 bits per heavy atom. The lowest BCUT2D eigenvalue weighted by atomic mass is 10.2. The highest BCUT2D eigenvalue weighted by Gasteiger charge is 2.08. The zero-order chi connectivity index (χ0) is 18.9. The second-order valence-electron chi connectivity index (χ2n) is 6.73. The van der Waals surface area contributed by atoms with Gasteiger partial charge in [-0.15, -0.1) is 0 Å². The van der Waals surface area contributed by atoms with Gasteiger partial charge in [0, 0.05) is 36.9 Å². The summed E-state index contributed by atoms with van der Waals surface area (Å²) < 4.78 is 4.21. The van der Waals surface area contributed by atoms with Crippen molar-refractivity contribution in [3.05, 3.63) is 48.6 Å². The van der Waals surface area contributed by atoms with Gasteiger partial charge in [0.1, 0.15) is 11.6 Å². The van der Waals surface area contributed by atoms with Gasteiger partial charge in [-0.3, -0.25) is 4.79 Å². The summed E-state index contributed by atoms with van der Waals surface area (Å²) in [5.74, 6) is 1.55. The van der Waals surface area contributed by atoms with Crippen LogP contribution in [0.4, 0.5) is 0 Å². The Hall–Kier alpha value is -2.43. The topological polar surface area (TPSA) is 52.7 Å². The van der Waals surface area contributed by atoms with Crippen LogP contribution in [0.15, 0.2) is 36.9 Å². The van der Waals surface area contributed by atoms with E-state index in [9.17, 15) is 4.79 Å². The zero-order valence-corrected chi connectivity index (χ0v) is 16.3. The fourth-order valence-corrected chi connectivity index (χ4v) is 3.14. The molecule has 0 radical (unpaired) electrons. The molecule has 0 saturated heterocycles. The molecule has 2 aromatic heterocycles. The second kappa shape index (κ2) is 9.90. The van der Waals surface area contributed by atoms with Crippen molar-refractivity contribution in [2.75, 3.05) is 0 Å². The van der Waals surface area contributed by atoms with Gasteiger partial charge in [-0.25, -0.2) is 9.97 Å². The number of imidazole rings is 2. The van der Waals surface area contributed by atoms with E-state index in [1.807, 2.05) is 12.4 Å². The van der Waals surface area contributed by atoms with Crippen LogP contribution >= 0.6 is 0 Å². The van der Waals surface area contributed by atoms with Crippen molar-refractivity contribution in [3.8, 4) is 0 Å². The molecule has 2 atom stereocenters. The van der Waals surface area contributed by atoms with E-state index < -0.39 is 0 Å². The van der Waals surface area contributed by atoms with Crippen molar-refractivity contribution in [3.63, 3.8) is 0 Å². The van der Waals surface area contributed by atoms with Crippen molar-refractivity contribution < 1.29 is 4.79 Å². The largest absolute Gasteiger partial charge is 0.329 e. The van der Waals surface area contributed by atoms with Crippen LogP contribution in [0.25, 0.3) is 12.2 Å². The SMILES string of the molecule is CCCC(C)n1ccnc1/C=C/C(=O)/C=C/c1nccn1C(C)CCC. The average Bonchev–Trinajstić information content (AvgIpc) is 3.27. The second-order valence-corrected chi connectivity index (χ2v) is 6.73. The van der Waals surface area contributed by atoms with Crippen LogP contribution in [-0.2, 0) is 4.79 Å².